The standard InChI is InChI=1S/C26H33N7O3/c1-4-21(34)17-36-22-11-23(25-20(12-27)15-30-33(25)16-22)19-5-6-24(28-14-19)31-7-9-32(10-8-31)26(35)29-13-18(2)3/h5-6,11,14-16,18,21,34H,4,7-10,13,17H2,1-3H3,(H,29,35). The average molecular weight is 492 g/mol. The van der Waals surface area contributed by atoms with E-state index >= 15 is 0 Å². The van der Waals surface area contributed by atoms with E-state index in [9.17, 15) is 15.2 Å². The summed E-state index contributed by atoms with van der Waals surface area (Å²) in [4.78, 5) is 21.0. The molecule has 4 heterocycles. The van der Waals surface area contributed by atoms with Crippen LogP contribution >= 0.6 is 0 Å². The molecule has 2 amide bonds. The number of pyridine rings is 2. The fraction of sp³-hybridized carbons (Fsp3) is 0.462. The van der Waals surface area contributed by atoms with E-state index in [-0.39, 0.29) is 12.6 Å². The van der Waals surface area contributed by atoms with E-state index in [0.717, 1.165) is 16.9 Å². The number of piperazine rings is 1. The molecular weight excluding hydrogens is 458 g/mol. The number of amides is 2. The zero-order valence-electron chi connectivity index (χ0n) is 21.0. The van der Waals surface area contributed by atoms with Crippen molar-refractivity contribution in [2.45, 2.75) is 33.3 Å². The lowest BCUT2D eigenvalue weighted by atomic mass is 10.1. The minimum absolute atomic E-state index is 0.0154. The SMILES string of the molecule is CCC(O)COc1cc(-c2ccc(N3CCN(C(=O)NCC(C)C)CC3)nc2)c2c(C#N)cnn2c1. The number of urea groups is 1. The maximum absolute atomic E-state index is 12.3. The molecule has 4 rings (SSSR count). The Morgan fingerprint density at radius 3 is 2.67 bits per heavy atom. The molecule has 10 heteroatoms. The Bertz CT molecular complexity index is 1220. The minimum Gasteiger partial charge on any atom is -0.489 e. The number of nitriles is 1. The van der Waals surface area contributed by atoms with Gasteiger partial charge in [-0.1, -0.05) is 20.8 Å². The second-order valence-corrected chi connectivity index (χ2v) is 9.38. The zero-order valence-corrected chi connectivity index (χ0v) is 21.0. The summed E-state index contributed by atoms with van der Waals surface area (Å²) in [6.45, 7) is 9.57. The number of fused-ring (bicyclic) bond motifs is 1. The Hall–Kier alpha value is -3.84. The summed E-state index contributed by atoms with van der Waals surface area (Å²) in [5.41, 5.74) is 2.74. The Kier molecular flexibility index (Phi) is 7.90. The number of ether oxygens (including phenoxy) is 1. The van der Waals surface area contributed by atoms with E-state index in [4.69, 9.17) is 4.74 Å². The normalized spacial score (nSPS) is 14.7. The summed E-state index contributed by atoms with van der Waals surface area (Å²) in [7, 11) is 0. The van der Waals surface area contributed by atoms with E-state index < -0.39 is 6.10 Å². The van der Waals surface area contributed by atoms with Crippen molar-refractivity contribution in [1.29, 1.82) is 5.26 Å². The van der Waals surface area contributed by atoms with Crippen molar-refractivity contribution in [3.63, 3.8) is 0 Å². The Balaban J connectivity index is 1.51. The first-order valence-corrected chi connectivity index (χ1v) is 12.4. The van der Waals surface area contributed by atoms with Crippen LogP contribution in [-0.4, -0.2) is 76.1 Å². The number of hydrogen-bond donors (Lipinski definition) is 2. The van der Waals surface area contributed by atoms with Crippen molar-refractivity contribution in [2.24, 2.45) is 5.92 Å². The van der Waals surface area contributed by atoms with Gasteiger partial charge < -0.3 is 25.0 Å². The Morgan fingerprint density at radius 1 is 1.25 bits per heavy atom. The molecule has 0 bridgehead atoms. The van der Waals surface area contributed by atoms with E-state index in [1.165, 1.54) is 6.20 Å². The van der Waals surface area contributed by atoms with Crippen LogP contribution in [0.25, 0.3) is 16.6 Å². The van der Waals surface area contributed by atoms with Crippen molar-refractivity contribution in [3.05, 3.63) is 42.4 Å². The second-order valence-electron chi connectivity index (χ2n) is 9.38. The smallest absolute Gasteiger partial charge is 0.317 e. The van der Waals surface area contributed by atoms with Crippen LogP contribution in [-0.2, 0) is 0 Å². The quantitative estimate of drug-likeness (QED) is 0.497. The van der Waals surface area contributed by atoms with Crippen molar-refractivity contribution in [2.75, 3.05) is 44.2 Å². The highest BCUT2D eigenvalue weighted by atomic mass is 16.5. The van der Waals surface area contributed by atoms with Gasteiger partial charge in [0.2, 0.25) is 0 Å². The van der Waals surface area contributed by atoms with E-state index in [1.54, 1.807) is 16.9 Å². The maximum atomic E-state index is 12.3. The van der Waals surface area contributed by atoms with Crippen LogP contribution in [0.2, 0.25) is 0 Å². The summed E-state index contributed by atoms with van der Waals surface area (Å²) >= 11 is 0. The van der Waals surface area contributed by atoms with Crippen molar-refractivity contribution < 1.29 is 14.6 Å². The summed E-state index contributed by atoms with van der Waals surface area (Å²) < 4.78 is 7.41. The van der Waals surface area contributed by atoms with Crippen LogP contribution in [0, 0.1) is 17.2 Å². The van der Waals surface area contributed by atoms with Crippen LogP contribution in [0.4, 0.5) is 10.6 Å². The largest absolute Gasteiger partial charge is 0.489 e. The molecule has 0 saturated carbocycles. The predicted octanol–water partition coefficient (Wildman–Crippen LogP) is 2.91. The van der Waals surface area contributed by atoms with Crippen LogP contribution in [0.15, 0.2) is 36.8 Å². The number of hydrogen-bond acceptors (Lipinski definition) is 7. The van der Waals surface area contributed by atoms with Crippen molar-refractivity contribution in [3.8, 4) is 22.9 Å². The van der Waals surface area contributed by atoms with Crippen LogP contribution < -0.4 is 15.0 Å². The lowest BCUT2D eigenvalue weighted by Crippen LogP contribution is -2.52. The van der Waals surface area contributed by atoms with E-state index in [0.29, 0.717) is 61.9 Å². The third kappa shape index (κ3) is 5.69. The highest BCUT2D eigenvalue weighted by Gasteiger charge is 2.22. The third-order valence-electron chi connectivity index (χ3n) is 6.23. The van der Waals surface area contributed by atoms with Crippen molar-refractivity contribution >= 4 is 17.4 Å². The van der Waals surface area contributed by atoms with Crippen LogP contribution in [0.5, 0.6) is 5.75 Å². The first-order valence-electron chi connectivity index (χ1n) is 12.4. The predicted molar refractivity (Wildman–Crippen MR) is 137 cm³/mol. The van der Waals surface area contributed by atoms with Gasteiger partial charge in [-0.3, -0.25) is 0 Å². The van der Waals surface area contributed by atoms with Gasteiger partial charge in [-0.2, -0.15) is 10.4 Å². The number of carbonyl (C=O) groups is 1. The highest BCUT2D eigenvalue weighted by molar-refractivity contribution is 5.85. The lowest BCUT2D eigenvalue weighted by molar-refractivity contribution is 0.104. The number of carbonyl (C=O) groups excluding carboxylic acids is 1. The number of nitrogens with one attached hydrogen (secondary N) is 1. The van der Waals surface area contributed by atoms with Crippen molar-refractivity contribution in [1.82, 2.24) is 24.8 Å². The molecule has 1 atom stereocenters. The van der Waals surface area contributed by atoms with Gasteiger partial charge in [0.15, 0.2) is 0 Å². The first-order chi connectivity index (χ1) is 17.4. The summed E-state index contributed by atoms with van der Waals surface area (Å²) in [6, 6.07) is 7.96. The molecule has 0 aliphatic carbocycles. The van der Waals surface area contributed by atoms with Gasteiger partial charge in [-0.05, 0) is 30.5 Å². The summed E-state index contributed by atoms with van der Waals surface area (Å²) in [5.74, 6) is 1.80. The monoisotopic (exact) mass is 491 g/mol. The molecule has 3 aromatic heterocycles. The topological polar surface area (TPSA) is 119 Å². The molecule has 36 heavy (non-hydrogen) atoms. The van der Waals surface area contributed by atoms with Gasteiger partial charge >= 0.3 is 6.03 Å². The Labute approximate surface area is 211 Å². The third-order valence-corrected chi connectivity index (χ3v) is 6.23. The number of nitrogens with zero attached hydrogens (tertiary/aromatic N) is 6. The molecule has 0 radical (unpaired) electrons. The van der Waals surface area contributed by atoms with E-state index in [1.807, 2.05) is 30.0 Å². The minimum atomic E-state index is -0.556. The molecule has 1 aliphatic heterocycles. The van der Waals surface area contributed by atoms with Gasteiger partial charge in [0.05, 0.1) is 29.6 Å². The number of aliphatic hydroxyl groups is 1. The second kappa shape index (κ2) is 11.3. The Morgan fingerprint density at radius 2 is 2.03 bits per heavy atom. The number of aliphatic hydroxyl groups excluding tert-OH is 1. The summed E-state index contributed by atoms with van der Waals surface area (Å²) in [6.07, 6.45) is 5.06. The molecule has 1 aliphatic rings. The molecule has 0 spiro atoms. The first kappa shape index (κ1) is 25.3. The molecular formula is C26H33N7O3. The molecule has 2 N–H and O–H groups in total. The van der Waals surface area contributed by atoms with Gasteiger partial charge in [-0.25, -0.2) is 14.3 Å². The van der Waals surface area contributed by atoms with Gasteiger partial charge in [-0.15, -0.1) is 0 Å². The average Bonchev–Trinajstić information content (AvgIpc) is 3.33. The number of anilines is 1. The molecule has 3 aromatic rings. The lowest BCUT2D eigenvalue weighted by Gasteiger charge is -2.35. The maximum Gasteiger partial charge on any atom is 0.317 e. The van der Waals surface area contributed by atoms with E-state index in [2.05, 4.69) is 40.2 Å². The van der Waals surface area contributed by atoms with Gasteiger partial charge in [0.1, 0.15) is 24.2 Å². The van der Waals surface area contributed by atoms with Gasteiger partial charge in [0.25, 0.3) is 0 Å². The highest BCUT2D eigenvalue weighted by Crippen LogP contribution is 2.31. The van der Waals surface area contributed by atoms with Crippen LogP contribution in [0.3, 0.4) is 0 Å². The fourth-order valence-electron chi connectivity index (χ4n) is 4.06. The molecule has 10 nitrogen and oxygen atoms in total. The van der Waals surface area contributed by atoms with Crippen LogP contribution in [0.1, 0.15) is 32.8 Å². The summed E-state index contributed by atoms with van der Waals surface area (Å²) in [5, 5.41) is 26.7. The molecule has 1 fully saturated rings. The van der Waals surface area contributed by atoms with Gasteiger partial charge in [0, 0.05) is 50.0 Å². The zero-order chi connectivity index (χ0) is 25.7. The number of aromatic nitrogens is 3. The molecule has 190 valence electrons. The fourth-order valence-corrected chi connectivity index (χ4v) is 4.06. The molecule has 1 unspecified atom stereocenters. The number of rotatable bonds is 8. The molecule has 1 saturated heterocycles. The molecule has 0 aromatic carbocycles.